The van der Waals surface area contributed by atoms with E-state index in [0.29, 0.717) is 12.0 Å². The third-order valence-electron chi connectivity index (χ3n) is 2.70. The molecule has 0 aromatic carbocycles. The molecule has 1 aromatic heterocycles. The molecule has 1 atom stereocenters. The zero-order chi connectivity index (χ0) is 10.7. The van der Waals surface area contributed by atoms with Crippen LogP contribution in [0.4, 0.5) is 0 Å². The van der Waals surface area contributed by atoms with Crippen LogP contribution in [0, 0.1) is 12.8 Å². The van der Waals surface area contributed by atoms with E-state index in [1.54, 1.807) is 0 Å². The predicted octanol–water partition coefficient (Wildman–Crippen LogP) is 1.86. The molecule has 0 bridgehead atoms. The molecule has 0 spiro atoms. The molecule has 0 aliphatic heterocycles. The van der Waals surface area contributed by atoms with Gasteiger partial charge in [0.25, 0.3) is 0 Å². The Morgan fingerprint density at radius 1 is 1.43 bits per heavy atom. The first kappa shape index (κ1) is 11.2. The molecular weight excluding hydrogens is 174 g/mol. The molecule has 0 fully saturated rings. The van der Waals surface area contributed by atoms with Gasteiger partial charge in [-0.3, -0.25) is 4.68 Å². The molecule has 1 heterocycles. The molecule has 3 heteroatoms. The largest absolute Gasteiger partial charge is 0.308 e. The summed E-state index contributed by atoms with van der Waals surface area (Å²) in [6.45, 7) is 9.60. The number of rotatable bonds is 4. The van der Waals surface area contributed by atoms with Gasteiger partial charge >= 0.3 is 0 Å². The summed E-state index contributed by atoms with van der Waals surface area (Å²) < 4.78 is 1.94. The first-order valence-electron chi connectivity index (χ1n) is 5.23. The van der Waals surface area contributed by atoms with Crippen LogP contribution < -0.4 is 5.32 Å². The van der Waals surface area contributed by atoms with E-state index >= 15 is 0 Å². The second kappa shape index (κ2) is 4.60. The summed E-state index contributed by atoms with van der Waals surface area (Å²) in [7, 11) is 1.99. The fourth-order valence-electron chi connectivity index (χ4n) is 1.33. The van der Waals surface area contributed by atoms with Crippen molar-refractivity contribution in [2.45, 2.75) is 40.3 Å². The van der Waals surface area contributed by atoms with Crippen molar-refractivity contribution in [1.29, 1.82) is 0 Å². The summed E-state index contributed by atoms with van der Waals surface area (Å²) in [5.74, 6) is 0.671. The second-order valence-corrected chi connectivity index (χ2v) is 4.31. The monoisotopic (exact) mass is 195 g/mol. The maximum atomic E-state index is 4.31. The van der Waals surface area contributed by atoms with Crippen LogP contribution in [0.5, 0.6) is 0 Å². The molecule has 1 aromatic rings. The van der Waals surface area contributed by atoms with Gasteiger partial charge in [0, 0.05) is 19.6 Å². The van der Waals surface area contributed by atoms with Crippen LogP contribution in [0.1, 0.15) is 32.2 Å². The highest BCUT2D eigenvalue weighted by molar-refractivity contribution is 5.08. The van der Waals surface area contributed by atoms with Crippen molar-refractivity contribution in [1.82, 2.24) is 15.1 Å². The van der Waals surface area contributed by atoms with Gasteiger partial charge in [0.1, 0.15) is 0 Å². The minimum Gasteiger partial charge on any atom is -0.308 e. The van der Waals surface area contributed by atoms with Crippen LogP contribution in [-0.4, -0.2) is 15.8 Å². The molecule has 0 aliphatic carbocycles. The Labute approximate surface area is 86.5 Å². The van der Waals surface area contributed by atoms with Gasteiger partial charge in [-0.15, -0.1) is 0 Å². The zero-order valence-corrected chi connectivity index (χ0v) is 9.83. The predicted molar refractivity (Wildman–Crippen MR) is 59.1 cm³/mol. The Hall–Kier alpha value is -0.830. The number of hydrogen-bond donors (Lipinski definition) is 1. The SMILES string of the molecule is Cc1cc(CNC(C)C(C)C)n(C)n1. The van der Waals surface area contributed by atoms with Crippen molar-refractivity contribution in [3.8, 4) is 0 Å². The minimum atomic E-state index is 0.546. The fourth-order valence-corrected chi connectivity index (χ4v) is 1.33. The van der Waals surface area contributed by atoms with E-state index in [9.17, 15) is 0 Å². The van der Waals surface area contributed by atoms with Crippen LogP contribution in [0.15, 0.2) is 6.07 Å². The highest BCUT2D eigenvalue weighted by Crippen LogP contribution is 2.04. The topological polar surface area (TPSA) is 29.9 Å². The van der Waals surface area contributed by atoms with Crippen molar-refractivity contribution in [2.75, 3.05) is 0 Å². The van der Waals surface area contributed by atoms with Gasteiger partial charge in [-0.25, -0.2) is 0 Å². The Bertz CT molecular complexity index is 289. The maximum Gasteiger partial charge on any atom is 0.0597 e. The number of aromatic nitrogens is 2. The molecular formula is C11H21N3. The summed E-state index contributed by atoms with van der Waals surface area (Å²) in [4.78, 5) is 0. The smallest absolute Gasteiger partial charge is 0.0597 e. The van der Waals surface area contributed by atoms with E-state index in [4.69, 9.17) is 0 Å². The average Bonchev–Trinajstić information content (AvgIpc) is 2.40. The molecule has 1 unspecified atom stereocenters. The van der Waals surface area contributed by atoms with Gasteiger partial charge in [0.05, 0.1) is 11.4 Å². The lowest BCUT2D eigenvalue weighted by atomic mass is 10.1. The number of nitrogens with one attached hydrogen (secondary N) is 1. The van der Waals surface area contributed by atoms with Gasteiger partial charge in [0.15, 0.2) is 0 Å². The molecule has 1 rings (SSSR count). The van der Waals surface area contributed by atoms with Crippen molar-refractivity contribution in [3.05, 3.63) is 17.5 Å². The number of nitrogens with zero attached hydrogens (tertiary/aromatic N) is 2. The van der Waals surface area contributed by atoms with Gasteiger partial charge < -0.3 is 5.32 Å². The summed E-state index contributed by atoms with van der Waals surface area (Å²) in [6, 6.07) is 2.67. The van der Waals surface area contributed by atoms with E-state index < -0.39 is 0 Å². The molecule has 3 nitrogen and oxygen atoms in total. The van der Waals surface area contributed by atoms with E-state index in [2.05, 4.69) is 37.3 Å². The first-order chi connectivity index (χ1) is 6.50. The van der Waals surface area contributed by atoms with Crippen LogP contribution in [-0.2, 0) is 13.6 Å². The lowest BCUT2D eigenvalue weighted by molar-refractivity contribution is 0.419. The molecule has 0 aliphatic rings. The van der Waals surface area contributed by atoms with Gasteiger partial charge in [-0.1, -0.05) is 13.8 Å². The third-order valence-corrected chi connectivity index (χ3v) is 2.70. The van der Waals surface area contributed by atoms with Crippen LogP contribution in [0.3, 0.4) is 0 Å². The standard InChI is InChI=1S/C11H21N3/c1-8(2)10(4)12-7-11-6-9(3)13-14(11)5/h6,8,10,12H,7H2,1-5H3. The van der Waals surface area contributed by atoms with Crippen LogP contribution in [0.2, 0.25) is 0 Å². The second-order valence-electron chi connectivity index (χ2n) is 4.31. The lowest BCUT2D eigenvalue weighted by Gasteiger charge is -2.17. The first-order valence-corrected chi connectivity index (χ1v) is 5.23. The van der Waals surface area contributed by atoms with E-state index in [0.717, 1.165) is 12.2 Å². The normalized spacial score (nSPS) is 13.6. The summed E-state index contributed by atoms with van der Waals surface area (Å²) >= 11 is 0. The summed E-state index contributed by atoms with van der Waals surface area (Å²) in [5.41, 5.74) is 2.33. The number of aryl methyl sites for hydroxylation is 2. The molecule has 0 saturated heterocycles. The third kappa shape index (κ3) is 2.84. The van der Waals surface area contributed by atoms with E-state index in [1.807, 2.05) is 18.7 Å². The van der Waals surface area contributed by atoms with Crippen molar-refractivity contribution in [2.24, 2.45) is 13.0 Å². The molecule has 1 N–H and O–H groups in total. The van der Waals surface area contributed by atoms with Gasteiger partial charge in [-0.2, -0.15) is 5.10 Å². The zero-order valence-electron chi connectivity index (χ0n) is 9.83. The molecule has 14 heavy (non-hydrogen) atoms. The van der Waals surface area contributed by atoms with E-state index in [1.165, 1.54) is 5.69 Å². The highest BCUT2D eigenvalue weighted by Gasteiger charge is 2.07. The minimum absolute atomic E-state index is 0.546. The van der Waals surface area contributed by atoms with Gasteiger partial charge in [-0.05, 0) is 25.8 Å². The molecule has 80 valence electrons. The maximum absolute atomic E-state index is 4.31. The summed E-state index contributed by atoms with van der Waals surface area (Å²) in [5, 5.41) is 7.80. The number of hydrogen-bond acceptors (Lipinski definition) is 2. The quantitative estimate of drug-likeness (QED) is 0.794. The van der Waals surface area contributed by atoms with Crippen molar-refractivity contribution in [3.63, 3.8) is 0 Å². The van der Waals surface area contributed by atoms with Crippen LogP contribution >= 0.6 is 0 Å². The Kier molecular flexibility index (Phi) is 3.69. The van der Waals surface area contributed by atoms with Crippen molar-refractivity contribution >= 4 is 0 Å². The Balaban J connectivity index is 2.49. The van der Waals surface area contributed by atoms with Gasteiger partial charge in [0.2, 0.25) is 0 Å². The van der Waals surface area contributed by atoms with Crippen LogP contribution in [0.25, 0.3) is 0 Å². The Morgan fingerprint density at radius 3 is 2.50 bits per heavy atom. The lowest BCUT2D eigenvalue weighted by Crippen LogP contribution is -2.30. The van der Waals surface area contributed by atoms with E-state index in [-0.39, 0.29) is 0 Å². The highest BCUT2D eigenvalue weighted by atomic mass is 15.3. The Morgan fingerprint density at radius 2 is 2.07 bits per heavy atom. The molecule has 0 saturated carbocycles. The average molecular weight is 195 g/mol. The molecule has 0 radical (unpaired) electrons. The van der Waals surface area contributed by atoms with Crippen molar-refractivity contribution < 1.29 is 0 Å². The molecule has 0 amide bonds. The summed E-state index contributed by atoms with van der Waals surface area (Å²) in [6.07, 6.45) is 0. The fraction of sp³-hybridized carbons (Fsp3) is 0.727.